The number of nitrogens with two attached hydrogens (primary N) is 1. The monoisotopic (exact) mass is 143 g/mol. The van der Waals surface area contributed by atoms with Gasteiger partial charge in [0.05, 0.1) is 0 Å². The van der Waals surface area contributed by atoms with E-state index in [2.05, 4.69) is 12.8 Å². The summed E-state index contributed by atoms with van der Waals surface area (Å²) in [4.78, 5) is 0. The lowest BCUT2D eigenvalue weighted by molar-refractivity contribution is 0.287. The fourth-order valence-corrected chi connectivity index (χ4v) is 0.158. The Bertz CT molecular complexity index is 21.5. The highest BCUT2D eigenvalue weighted by Gasteiger charge is 1.69. The molecule has 0 bridgehead atoms. The van der Waals surface area contributed by atoms with Crippen LogP contribution in [0.3, 0.4) is 0 Å². The van der Waals surface area contributed by atoms with E-state index in [-0.39, 0.29) is 12.4 Å². The van der Waals surface area contributed by atoms with Gasteiger partial charge in [0.25, 0.3) is 0 Å². The number of unbranched alkanes of at least 4 members (excludes halogenated alkanes) is 1. The van der Waals surface area contributed by atoms with E-state index in [9.17, 15) is 0 Å². The molecule has 0 rings (SSSR count). The quantitative estimate of drug-likeness (QED) is 0.495. The fourth-order valence-electron chi connectivity index (χ4n) is 0.158. The minimum atomic E-state index is 0. The molecule has 0 atom stereocenters. The molecule has 0 aliphatic rings. The number of hydrogen-bond acceptors (Lipinski definition) is 3. The topological polar surface area (TPSA) is 66.5 Å². The summed E-state index contributed by atoms with van der Waals surface area (Å²) < 4.78 is 0. The van der Waals surface area contributed by atoms with Gasteiger partial charge in [-0.15, -0.1) is 12.4 Å². The van der Waals surface area contributed by atoms with Crippen molar-refractivity contribution in [3.63, 3.8) is 0 Å². The lowest BCUT2D eigenvalue weighted by atomic mass is 10.4. The van der Waals surface area contributed by atoms with E-state index < -0.39 is 0 Å². The zero-order valence-corrected chi connectivity index (χ0v) is 5.82. The highest BCUT2D eigenvalue weighted by molar-refractivity contribution is 5.85. The van der Waals surface area contributed by atoms with Gasteiger partial charge in [0.15, 0.2) is 0 Å². The van der Waals surface area contributed by atoms with Crippen LogP contribution in [0.1, 0.15) is 19.8 Å². The highest BCUT2D eigenvalue weighted by atomic mass is 35.5. The average molecular weight is 144 g/mol. The smallest absolute Gasteiger partial charge is 0.0430 e. The second-order valence-electron chi connectivity index (χ2n) is 1.08. The Hall–Kier alpha value is 0.170. The molecule has 0 fully saturated rings. The Morgan fingerprint density at radius 1 is 1.38 bits per heavy atom. The van der Waals surface area contributed by atoms with Crippen molar-refractivity contribution in [2.75, 3.05) is 6.61 Å². The second-order valence-corrected chi connectivity index (χ2v) is 1.08. The molecule has 4 N–H and O–H groups in total. The number of halogens is 1. The number of aliphatic hydroxyl groups excluding tert-OH is 1. The van der Waals surface area contributed by atoms with E-state index in [1.54, 1.807) is 0 Å². The minimum Gasteiger partial charge on any atom is -0.396 e. The molecule has 0 radical (unpaired) electrons. The van der Waals surface area contributed by atoms with Crippen LogP contribution in [-0.2, 0) is 0 Å². The van der Waals surface area contributed by atoms with Crippen molar-refractivity contribution in [2.45, 2.75) is 19.8 Å². The summed E-state index contributed by atoms with van der Waals surface area (Å²) in [5.41, 5.74) is 0. The number of rotatable bonds is 2. The summed E-state index contributed by atoms with van der Waals surface area (Å²) in [6.45, 7) is 2.40. The van der Waals surface area contributed by atoms with E-state index in [1.165, 1.54) is 0 Å². The molecule has 54 valence electrons. The first-order valence-electron chi connectivity index (χ1n) is 2.28. The fraction of sp³-hybridized carbons (Fsp3) is 1.00. The molecule has 3 nitrogen and oxygen atoms in total. The van der Waals surface area contributed by atoms with Crippen LogP contribution in [0.5, 0.6) is 0 Å². The van der Waals surface area contributed by atoms with Crippen molar-refractivity contribution in [1.82, 2.24) is 0 Å². The van der Waals surface area contributed by atoms with Gasteiger partial charge in [-0.05, 0) is 6.42 Å². The van der Waals surface area contributed by atoms with Gasteiger partial charge in [-0.3, -0.25) is 0 Å². The molecule has 0 saturated heterocycles. The van der Waals surface area contributed by atoms with Crippen LogP contribution >= 0.6 is 12.4 Å². The predicted octanol–water partition coefficient (Wildman–Crippen LogP) is 0.535. The third-order valence-electron chi connectivity index (χ3n) is 0.512. The van der Waals surface area contributed by atoms with Crippen molar-refractivity contribution in [2.24, 2.45) is 5.90 Å². The van der Waals surface area contributed by atoms with Gasteiger partial charge in [-0.2, -0.15) is 0 Å². The minimum absolute atomic E-state index is 0. The Morgan fingerprint density at radius 3 is 1.75 bits per heavy atom. The predicted molar refractivity (Wildman–Crippen MR) is 35.2 cm³/mol. The first kappa shape index (κ1) is 15.7. The zero-order valence-electron chi connectivity index (χ0n) is 5.00. The van der Waals surface area contributed by atoms with Crippen LogP contribution in [-0.4, -0.2) is 16.9 Å². The molecule has 0 aromatic rings. The zero-order chi connectivity index (χ0) is 6.12. The van der Waals surface area contributed by atoms with Crippen molar-refractivity contribution >= 4 is 12.4 Å². The first-order valence-corrected chi connectivity index (χ1v) is 2.28. The molecule has 0 unspecified atom stereocenters. The van der Waals surface area contributed by atoms with Crippen LogP contribution in [0.2, 0.25) is 0 Å². The van der Waals surface area contributed by atoms with Gasteiger partial charge in [-0.25, -0.2) is 5.90 Å². The largest absolute Gasteiger partial charge is 0.396 e. The molecule has 8 heavy (non-hydrogen) atoms. The normalized spacial score (nSPS) is 6.00. The van der Waals surface area contributed by atoms with E-state index in [4.69, 9.17) is 10.3 Å². The summed E-state index contributed by atoms with van der Waals surface area (Å²) in [5.74, 6) is 3.50. The molecule has 0 aromatic carbocycles. The maximum absolute atomic E-state index is 8.07. The van der Waals surface area contributed by atoms with Crippen molar-refractivity contribution in [1.29, 1.82) is 0 Å². The number of hydrogen-bond donors (Lipinski definition) is 3. The molecule has 0 aromatic heterocycles. The van der Waals surface area contributed by atoms with Crippen LogP contribution < -0.4 is 5.90 Å². The summed E-state index contributed by atoms with van der Waals surface area (Å²) in [6.07, 6.45) is 2.04. The van der Waals surface area contributed by atoms with Gasteiger partial charge in [0.2, 0.25) is 0 Å². The Balaban J connectivity index is -0.0000000750. The van der Waals surface area contributed by atoms with Crippen molar-refractivity contribution < 1.29 is 10.3 Å². The van der Waals surface area contributed by atoms with Gasteiger partial charge in [0.1, 0.15) is 0 Å². The summed E-state index contributed by atoms with van der Waals surface area (Å²) in [5, 5.41) is 14.6. The van der Waals surface area contributed by atoms with E-state index >= 15 is 0 Å². The second kappa shape index (κ2) is 27.2. The molecule has 0 amide bonds. The summed E-state index contributed by atoms with van der Waals surface area (Å²) in [7, 11) is 0. The lowest BCUT2D eigenvalue weighted by Crippen LogP contribution is -1.75. The molecule has 0 heterocycles. The molecular formula is C4H14ClNO2. The van der Waals surface area contributed by atoms with E-state index in [0.29, 0.717) is 6.61 Å². The average Bonchev–Trinajstić information content (AvgIpc) is 1.75. The molecule has 0 saturated carbocycles. The van der Waals surface area contributed by atoms with Gasteiger partial charge < -0.3 is 10.3 Å². The standard InChI is InChI=1S/C4H10O.ClH.H3NO/c1-2-3-4-5;;1-2/h5H,2-4H2,1H3;1H;2H,1H2. The third kappa shape index (κ3) is 35.0. The van der Waals surface area contributed by atoms with E-state index in [1.807, 2.05) is 0 Å². The summed E-state index contributed by atoms with van der Waals surface area (Å²) >= 11 is 0. The van der Waals surface area contributed by atoms with Crippen LogP contribution in [0.25, 0.3) is 0 Å². The maximum atomic E-state index is 8.07. The first-order chi connectivity index (χ1) is 3.41. The number of aliphatic hydroxyl groups is 1. The Morgan fingerprint density at radius 2 is 1.75 bits per heavy atom. The van der Waals surface area contributed by atoms with Crippen LogP contribution in [0.15, 0.2) is 0 Å². The maximum Gasteiger partial charge on any atom is 0.0430 e. The molecule has 4 heteroatoms. The van der Waals surface area contributed by atoms with Crippen molar-refractivity contribution in [3.8, 4) is 0 Å². The molecular weight excluding hydrogens is 130 g/mol. The van der Waals surface area contributed by atoms with Crippen molar-refractivity contribution in [3.05, 3.63) is 0 Å². The van der Waals surface area contributed by atoms with Gasteiger partial charge in [0, 0.05) is 6.61 Å². The molecule has 0 aliphatic carbocycles. The third-order valence-corrected chi connectivity index (χ3v) is 0.512. The SMILES string of the molecule is CCCCO.Cl.NO. The summed E-state index contributed by atoms with van der Waals surface area (Å²) in [6, 6.07) is 0. The van der Waals surface area contributed by atoms with Gasteiger partial charge in [-0.1, -0.05) is 13.3 Å². The lowest BCUT2D eigenvalue weighted by Gasteiger charge is -1.79. The Labute approximate surface area is 55.9 Å². The molecule has 0 spiro atoms. The van der Waals surface area contributed by atoms with Crippen LogP contribution in [0, 0.1) is 0 Å². The van der Waals surface area contributed by atoms with Gasteiger partial charge >= 0.3 is 0 Å². The van der Waals surface area contributed by atoms with Crippen LogP contribution in [0.4, 0.5) is 0 Å². The molecule has 0 aliphatic heterocycles. The Kier molecular flexibility index (Phi) is 53.4. The highest BCUT2D eigenvalue weighted by Crippen LogP contribution is 1.78. The van der Waals surface area contributed by atoms with E-state index in [0.717, 1.165) is 12.8 Å².